The number of fused-ring (bicyclic) bond motifs is 2. The fraction of sp³-hybridized carbons (Fsp3) is 0.269. The summed E-state index contributed by atoms with van der Waals surface area (Å²) in [6.07, 6.45) is 5.55. The summed E-state index contributed by atoms with van der Waals surface area (Å²) >= 11 is 12.5. The van der Waals surface area contributed by atoms with Crippen LogP contribution in [0.1, 0.15) is 42.1 Å². The van der Waals surface area contributed by atoms with Gasteiger partial charge in [-0.05, 0) is 43.7 Å². The van der Waals surface area contributed by atoms with Crippen molar-refractivity contribution in [3.63, 3.8) is 0 Å². The second kappa shape index (κ2) is 10.7. The molecule has 1 aliphatic rings. The maximum atomic E-state index is 12.8. The van der Waals surface area contributed by atoms with Crippen molar-refractivity contribution in [3.05, 3.63) is 70.2 Å². The van der Waals surface area contributed by atoms with Crippen molar-refractivity contribution in [1.82, 2.24) is 24.8 Å². The van der Waals surface area contributed by atoms with Crippen LogP contribution in [0.15, 0.2) is 48.8 Å². The second-order valence-electron chi connectivity index (χ2n) is 8.70. The number of H-pyrrole nitrogens is 1. The number of ether oxygens (including phenoxy) is 1. The van der Waals surface area contributed by atoms with Crippen LogP contribution in [0, 0.1) is 0 Å². The first-order valence-electron chi connectivity index (χ1n) is 11.9. The van der Waals surface area contributed by atoms with Gasteiger partial charge in [-0.1, -0.05) is 35.4 Å². The predicted molar refractivity (Wildman–Crippen MR) is 143 cm³/mol. The fourth-order valence-electron chi connectivity index (χ4n) is 4.14. The number of hydrogen-bond acceptors (Lipinski definition) is 7. The van der Waals surface area contributed by atoms with E-state index in [1.54, 1.807) is 36.1 Å². The Bertz CT molecular complexity index is 1510. The molecule has 37 heavy (non-hydrogen) atoms. The van der Waals surface area contributed by atoms with Crippen molar-refractivity contribution in [1.29, 1.82) is 0 Å². The number of benzene rings is 2. The maximum absolute atomic E-state index is 12.8. The molecule has 2 N–H and O–H groups in total. The predicted octanol–water partition coefficient (Wildman–Crippen LogP) is 5.32. The summed E-state index contributed by atoms with van der Waals surface area (Å²) in [5.74, 6) is 0.676. The van der Waals surface area contributed by atoms with Crippen LogP contribution in [-0.4, -0.2) is 56.3 Å². The van der Waals surface area contributed by atoms with Gasteiger partial charge in [0.2, 0.25) is 0 Å². The minimum absolute atomic E-state index is 0.135. The maximum Gasteiger partial charge on any atom is 0.306 e. The van der Waals surface area contributed by atoms with Gasteiger partial charge in [-0.2, -0.15) is 0 Å². The van der Waals surface area contributed by atoms with Gasteiger partial charge in [0.15, 0.2) is 6.10 Å². The number of anilines is 1. The van der Waals surface area contributed by atoms with Crippen LogP contribution in [-0.2, 0) is 9.53 Å². The molecule has 1 unspecified atom stereocenters. The molecule has 0 saturated heterocycles. The Morgan fingerprint density at radius 1 is 1.14 bits per heavy atom. The lowest BCUT2D eigenvalue weighted by atomic mass is 10.1. The highest BCUT2D eigenvalue weighted by Gasteiger charge is 2.21. The Balaban J connectivity index is 1.16. The van der Waals surface area contributed by atoms with Gasteiger partial charge in [0, 0.05) is 36.5 Å². The third-order valence-electron chi connectivity index (χ3n) is 6.07. The fourth-order valence-corrected chi connectivity index (χ4v) is 4.55. The van der Waals surface area contributed by atoms with Crippen LogP contribution in [0.5, 0.6) is 0 Å². The molecule has 1 aliphatic heterocycles. The molecule has 1 atom stereocenters. The number of aromatic amines is 1. The third-order valence-corrected chi connectivity index (χ3v) is 6.61. The summed E-state index contributed by atoms with van der Waals surface area (Å²) in [7, 11) is 0. The van der Waals surface area contributed by atoms with E-state index in [9.17, 15) is 9.59 Å². The first kappa shape index (κ1) is 25.0. The molecular formula is C26H24Cl2N6O3. The molecule has 0 radical (unpaired) electrons. The number of nitrogens with zero attached hydrogens (tertiary/aromatic N) is 4. The number of imidazole rings is 1. The van der Waals surface area contributed by atoms with Crippen LogP contribution in [0.3, 0.4) is 0 Å². The molecule has 0 fully saturated rings. The Labute approximate surface area is 222 Å². The Kier molecular flexibility index (Phi) is 7.25. The molecule has 0 spiro atoms. The first-order valence-corrected chi connectivity index (χ1v) is 12.6. The molecule has 3 heterocycles. The van der Waals surface area contributed by atoms with E-state index in [0.29, 0.717) is 64.2 Å². The molecule has 1 amide bonds. The summed E-state index contributed by atoms with van der Waals surface area (Å²) in [6.45, 7) is 3.39. The van der Waals surface area contributed by atoms with Gasteiger partial charge in [0.05, 0.1) is 27.1 Å². The molecular weight excluding hydrogens is 515 g/mol. The van der Waals surface area contributed by atoms with Crippen LogP contribution in [0.4, 0.5) is 5.82 Å². The summed E-state index contributed by atoms with van der Waals surface area (Å²) in [5.41, 5.74) is 2.56. The molecule has 0 saturated carbocycles. The van der Waals surface area contributed by atoms with Gasteiger partial charge in [-0.25, -0.2) is 15.0 Å². The number of amides is 1. The number of rotatable bonds is 8. The Morgan fingerprint density at radius 3 is 2.76 bits per heavy atom. The third kappa shape index (κ3) is 5.52. The van der Waals surface area contributed by atoms with Gasteiger partial charge < -0.3 is 19.9 Å². The standard InChI is InChI=1S/C26H24Cl2N6O3/c1-15(24-32-20-7-6-16(27)11-22(20)33-24)37-23(35)5-4-8-29-25-18-12-19(28)17(13-21(18)30-14-31-25)26(36)34-9-2-3-10-34/h2-3,6-7,11-15H,4-5,8-10H2,1H3,(H,32,33)(H,29,30,31). The van der Waals surface area contributed by atoms with E-state index in [4.69, 9.17) is 27.9 Å². The quantitative estimate of drug-likeness (QED) is 0.177. The number of carbonyl (C=O) groups is 2. The van der Waals surface area contributed by atoms with Crippen molar-refractivity contribution < 1.29 is 14.3 Å². The number of carbonyl (C=O) groups excluding carboxylic acids is 2. The lowest BCUT2D eigenvalue weighted by Gasteiger charge is -2.17. The van der Waals surface area contributed by atoms with E-state index in [-0.39, 0.29) is 18.3 Å². The van der Waals surface area contributed by atoms with E-state index in [1.807, 2.05) is 18.2 Å². The molecule has 0 aliphatic carbocycles. The van der Waals surface area contributed by atoms with Gasteiger partial charge in [0.25, 0.3) is 5.91 Å². The lowest BCUT2D eigenvalue weighted by molar-refractivity contribution is -0.149. The molecule has 0 bridgehead atoms. The number of aromatic nitrogens is 4. The summed E-state index contributed by atoms with van der Waals surface area (Å²) in [4.78, 5) is 43.1. The monoisotopic (exact) mass is 538 g/mol. The molecule has 190 valence electrons. The van der Waals surface area contributed by atoms with Gasteiger partial charge in [-0.3, -0.25) is 9.59 Å². The van der Waals surface area contributed by atoms with Crippen molar-refractivity contribution in [2.75, 3.05) is 25.0 Å². The smallest absolute Gasteiger partial charge is 0.306 e. The Hall–Kier alpha value is -3.69. The van der Waals surface area contributed by atoms with E-state index in [2.05, 4.69) is 25.3 Å². The summed E-state index contributed by atoms with van der Waals surface area (Å²) < 4.78 is 5.54. The van der Waals surface area contributed by atoms with Crippen molar-refractivity contribution in [2.24, 2.45) is 0 Å². The van der Waals surface area contributed by atoms with Crippen LogP contribution in [0.25, 0.3) is 21.9 Å². The van der Waals surface area contributed by atoms with Crippen LogP contribution < -0.4 is 5.32 Å². The second-order valence-corrected chi connectivity index (χ2v) is 9.54. The van der Waals surface area contributed by atoms with Gasteiger partial charge in [0.1, 0.15) is 18.0 Å². The molecule has 2 aromatic carbocycles. The number of halogens is 2. The minimum atomic E-state index is -0.521. The molecule has 11 heteroatoms. The normalized spacial score (nSPS) is 13.9. The van der Waals surface area contributed by atoms with E-state index >= 15 is 0 Å². The zero-order valence-corrected chi connectivity index (χ0v) is 21.5. The van der Waals surface area contributed by atoms with E-state index in [0.717, 1.165) is 11.0 Å². The molecule has 9 nitrogen and oxygen atoms in total. The number of esters is 1. The largest absolute Gasteiger partial charge is 0.454 e. The molecule has 5 rings (SSSR count). The van der Waals surface area contributed by atoms with E-state index < -0.39 is 6.10 Å². The number of nitrogens with one attached hydrogen (secondary N) is 2. The van der Waals surface area contributed by atoms with Crippen molar-refractivity contribution >= 4 is 62.8 Å². The SMILES string of the molecule is CC(OC(=O)CCCNc1ncnc2cc(C(=O)N3CC=CC3)c(Cl)cc12)c1nc2cc(Cl)ccc2[nH]1. The number of hydrogen-bond donors (Lipinski definition) is 2. The minimum Gasteiger partial charge on any atom is -0.454 e. The Morgan fingerprint density at radius 2 is 1.95 bits per heavy atom. The average Bonchev–Trinajstić information content (AvgIpc) is 3.56. The average molecular weight is 539 g/mol. The highest BCUT2D eigenvalue weighted by atomic mass is 35.5. The first-order chi connectivity index (χ1) is 17.9. The van der Waals surface area contributed by atoms with Gasteiger partial charge in [-0.15, -0.1) is 0 Å². The molecule has 4 aromatic rings. The molecule has 2 aromatic heterocycles. The van der Waals surface area contributed by atoms with Crippen LogP contribution >= 0.6 is 23.2 Å². The van der Waals surface area contributed by atoms with Crippen molar-refractivity contribution in [2.45, 2.75) is 25.9 Å². The zero-order chi connectivity index (χ0) is 25.9. The van der Waals surface area contributed by atoms with Crippen LogP contribution in [0.2, 0.25) is 10.0 Å². The van der Waals surface area contributed by atoms with E-state index in [1.165, 1.54) is 6.33 Å². The van der Waals surface area contributed by atoms with Crippen molar-refractivity contribution in [3.8, 4) is 0 Å². The van der Waals surface area contributed by atoms with Gasteiger partial charge >= 0.3 is 5.97 Å². The topological polar surface area (TPSA) is 113 Å². The zero-order valence-electron chi connectivity index (χ0n) is 20.0. The summed E-state index contributed by atoms with van der Waals surface area (Å²) in [5, 5.41) is 4.86. The highest BCUT2D eigenvalue weighted by Crippen LogP contribution is 2.28. The highest BCUT2D eigenvalue weighted by molar-refractivity contribution is 6.35. The summed E-state index contributed by atoms with van der Waals surface area (Å²) in [6, 6.07) is 8.75. The lowest BCUT2D eigenvalue weighted by Crippen LogP contribution is -2.28.